The predicted octanol–water partition coefficient (Wildman–Crippen LogP) is 3.31. The molecule has 8 heteroatoms. The molecule has 142 valence electrons. The Hall–Kier alpha value is -2.22. The van der Waals surface area contributed by atoms with E-state index in [0.29, 0.717) is 6.42 Å². The zero-order valence-corrected chi connectivity index (χ0v) is 15.2. The number of rotatable bonds is 4. The highest BCUT2D eigenvalue weighted by atomic mass is 19.1. The van der Waals surface area contributed by atoms with Crippen LogP contribution in [-0.4, -0.2) is 58.0 Å². The van der Waals surface area contributed by atoms with Crippen LogP contribution in [-0.2, 0) is 5.41 Å². The summed E-state index contributed by atoms with van der Waals surface area (Å²) in [5, 5.41) is 29.6. The molecule has 0 spiro atoms. The number of hydrogen-bond acceptors (Lipinski definition) is 4. The second-order valence-electron chi connectivity index (χ2n) is 7.47. The van der Waals surface area contributed by atoms with Gasteiger partial charge in [0.2, 0.25) is 0 Å². The van der Waals surface area contributed by atoms with Crippen molar-refractivity contribution in [2.45, 2.75) is 44.1 Å². The topological polar surface area (TPSA) is 88.7 Å². The Morgan fingerprint density at radius 2 is 1.96 bits per heavy atom. The fraction of sp³-hybridized carbons (Fsp3) is 0.611. The van der Waals surface area contributed by atoms with Crippen LogP contribution >= 0.6 is 0 Å². The van der Waals surface area contributed by atoms with Crippen molar-refractivity contribution in [3.05, 3.63) is 29.6 Å². The summed E-state index contributed by atoms with van der Waals surface area (Å²) in [6.07, 6.45) is 1.37. The molecule has 0 bridgehead atoms. The summed E-state index contributed by atoms with van der Waals surface area (Å²) in [6, 6.07) is 4.82. The molecule has 2 heterocycles. The average Bonchev–Trinajstić information content (AvgIpc) is 3.19. The summed E-state index contributed by atoms with van der Waals surface area (Å²) in [4.78, 5) is 12.8. The molecule has 2 N–H and O–H groups in total. The van der Waals surface area contributed by atoms with Crippen molar-refractivity contribution in [1.29, 1.82) is 0 Å². The highest BCUT2D eigenvalue weighted by Gasteiger charge is 2.57. The van der Waals surface area contributed by atoms with Crippen LogP contribution in [0.2, 0.25) is 0 Å². The Labute approximate surface area is 152 Å². The molecule has 0 aromatic heterocycles. The summed E-state index contributed by atoms with van der Waals surface area (Å²) in [5.41, 5.74) is -1.60. The van der Waals surface area contributed by atoms with Crippen LogP contribution in [0.3, 0.4) is 0 Å². The van der Waals surface area contributed by atoms with E-state index in [0.717, 1.165) is 25.9 Å². The minimum absolute atomic E-state index is 0.104. The van der Waals surface area contributed by atoms with Crippen molar-refractivity contribution in [1.82, 2.24) is 9.91 Å². The first-order valence-corrected chi connectivity index (χ1v) is 8.90. The van der Waals surface area contributed by atoms with Crippen molar-refractivity contribution in [3.63, 3.8) is 0 Å². The molecule has 2 aliphatic rings. The number of amides is 1. The highest BCUT2D eigenvalue weighted by molar-refractivity contribution is 5.68. The molecule has 26 heavy (non-hydrogen) atoms. The van der Waals surface area contributed by atoms with Gasteiger partial charge in [0, 0.05) is 30.6 Å². The minimum Gasteiger partial charge on any atom is -0.465 e. The number of aliphatic hydroxyl groups excluding tert-OH is 1. The van der Waals surface area contributed by atoms with Crippen LogP contribution < -0.4 is 0 Å². The first-order valence-electron chi connectivity index (χ1n) is 8.90. The molecule has 1 aromatic rings. The highest BCUT2D eigenvalue weighted by Crippen LogP contribution is 2.49. The summed E-state index contributed by atoms with van der Waals surface area (Å²) in [7, 11) is 0. The number of carbonyl (C=O) groups is 1. The monoisotopic (exact) mass is 364 g/mol. The smallest absolute Gasteiger partial charge is 0.407 e. The molecule has 0 saturated carbocycles. The van der Waals surface area contributed by atoms with Gasteiger partial charge < -0.3 is 15.1 Å². The molecule has 0 radical (unpaired) electrons. The fourth-order valence-electron chi connectivity index (χ4n) is 4.17. The Bertz CT molecular complexity index is 718. The van der Waals surface area contributed by atoms with Crippen LogP contribution in [0.15, 0.2) is 28.5 Å². The maximum Gasteiger partial charge on any atom is 0.407 e. The minimum atomic E-state index is -1.07. The lowest BCUT2D eigenvalue weighted by Crippen LogP contribution is -2.55. The van der Waals surface area contributed by atoms with Crippen LogP contribution in [0.1, 0.15) is 38.7 Å². The van der Waals surface area contributed by atoms with E-state index in [-0.39, 0.29) is 24.4 Å². The van der Waals surface area contributed by atoms with Gasteiger partial charge in [-0.05, 0) is 39.2 Å². The van der Waals surface area contributed by atoms with Crippen molar-refractivity contribution in [2.24, 2.45) is 10.3 Å². The van der Waals surface area contributed by atoms with Gasteiger partial charge in [0.1, 0.15) is 5.69 Å². The number of halogens is 1. The van der Waals surface area contributed by atoms with Gasteiger partial charge >= 0.3 is 6.09 Å². The van der Waals surface area contributed by atoms with Crippen molar-refractivity contribution in [2.75, 3.05) is 26.2 Å². The van der Waals surface area contributed by atoms with Gasteiger partial charge in [-0.1, -0.05) is 17.4 Å². The maximum atomic E-state index is 15.3. The lowest BCUT2D eigenvalue weighted by Gasteiger charge is -2.43. The Balaban J connectivity index is 1.99. The number of nitrogens with zero attached hydrogens (tertiary/aromatic N) is 4. The largest absolute Gasteiger partial charge is 0.465 e. The van der Waals surface area contributed by atoms with Crippen LogP contribution in [0.25, 0.3) is 0 Å². The summed E-state index contributed by atoms with van der Waals surface area (Å²) >= 11 is 0. The van der Waals surface area contributed by atoms with E-state index in [2.05, 4.69) is 10.3 Å². The van der Waals surface area contributed by atoms with Crippen LogP contribution in [0.5, 0.6) is 0 Å². The number of carboxylic acid groups (broad SMARTS) is 1. The molecule has 1 amide bonds. The molecule has 2 aliphatic heterocycles. The first kappa shape index (κ1) is 18.6. The number of hydrogen-bond donors (Lipinski definition) is 2. The molecular weight excluding hydrogens is 339 g/mol. The maximum absolute atomic E-state index is 15.3. The van der Waals surface area contributed by atoms with Gasteiger partial charge in [0.25, 0.3) is 0 Å². The normalized spacial score (nSPS) is 25.4. The van der Waals surface area contributed by atoms with E-state index >= 15 is 4.39 Å². The van der Waals surface area contributed by atoms with Gasteiger partial charge in [0.15, 0.2) is 5.82 Å². The molecule has 0 aliphatic carbocycles. The SMILES string of the molecule is CC1(C)N(C(=O)O)CC[C@]1(CO)c1cccc(/N=N/N2CCCC2)c1F. The zero-order valence-electron chi connectivity index (χ0n) is 15.2. The van der Waals surface area contributed by atoms with Crippen LogP contribution in [0.4, 0.5) is 14.9 Å². The average molecular weight is 364 g/mol. The van der Waals surface area contributed by atoms with E-state index in [1.165, 1.54) is 4.90 Å². The van der Waals surface area contributed by atoms with E-state index < -0.39 is 22.9 Å². The van der Waals surface area contributed by atoms with Gasteiger partial charge in [-0.3, -0.25) is 5.01 Å². The number of aliphatic hydroxyl groups is 1. The molecule has 2 saturated heterocycles. The van der Waals surface area contributed by atoms with Crippen molar-refractivity contribution >= 4 is 11.8 Å². The lowest BCUT2D eigenvalue weighted by atomic mass is 9.67. The molecular formula is C18H25FN4O3. The summed E-state index contributed by atoms with van der Waals surface area (Å²) < 4.78 is 15.3. The van der Waals surface area contributed by atoms with Gasteiger partial charge in [-0.25, -0.2) is 9.18 Å². The van der Waals surface area contributed by atoms with E-state index in [1.54, 1.807) is 37.1 Å². The second kappa shape index (κ2) is 6.83. The van der Waals surface area contributed by atoms with Gasteiger partial charge in [0.05, 0.1) is 12.1 Å². The third kappa shape index (κ3) is 2.82. The van der Waals surface area contributed by atoms with Gasteiger partial charge in [-0.2, -0.15) is 0 Å². The second-order valence-corrected chi connectivity index (χ2v) is 7.47. The quantitative estimate of drug-likeness (QED) is 0.802. The summed E-state index contributed by atoms with van der Waals surface area (Å²) in [5.74, 6) is -0.551. The standard InChI is InChI=1S/C18H25FN4O3/c1-17(2)18(12-24,8-11-23(17)16(25)26)13-6-5-7-14(15(13)19)20-21-22-9-3-4-10-22/h5-7,24H,3-4,8-12H2,1-2H3,(H,25,26)/b21-20+/t18-/m0/s1. The Morgan fingerprint density at radius 1 is 1.27 bits per heavy atom. The third-order valence-corrected chi connectivity index (χ3v) is 5.96. The van der Waals surface area contributed by atoms with E-state index in [4.69, 9.17) is 0 Å². The van der Waals surface area contributed by atoms with Crippen molar-refractivity contribution < 1.29 is 19.4 Å². The number of benzene rings is 1. The first-order chi connectivity index (χ1) is 12.3. The van der Waals surface area contributed by atoms with E-state index in [9.17, 15) is 15.0 Å². The molecule has 3 rings (SSSR count). The van der Waals surface area contributed by atoms with Gasteiger partial charge in [-0.15, -0.1) is 5.11 Å². The molecule has 1 atom stereocenters. The van der Waals surface area contributed by atoms with E-state index in [1.807, 2.05) is 0 Å². The Kier molecular flexibility index (Phi) is 4.88. The number of likely N-dealkylation sites (tertiary alicyclic amines) is 1. The predicted molar refractivity (Wildman–Crippen MR) is 93.9 cm³/mol. The molecule has 1 aromatic carbocycles. The Morgan fingerprint density at radius 3 is 2.54 bits per heavy atom. The third-order valence-electron chi connectivity index (χ3n) is 5.96. The van der Waals surface area contributed by atoms with Crippen molar-refractivity contribution in [3.8, 4) is 0 Å². The molecule has 0 unspecified atom stereocenters. The zero-order chi connectivity index (χ0) is 18.9. The molecule has 2 fully saturated rings. The fourth-order valence-corrected chi connectivity index (χ4v) is 4.17. The lowest BCUT2D eigenvalue weighted by molar-refractivity contribution is 0.0657. The van der Waals surface area contributed by atoms with Crippen LogP contribution in [0, 0.1) is 5.82 Å². The summed E-state index contributed by atoms with van der Waals surface area (Å²) in [6.45, 7) is 4.96. The molecule has 7 nitrogen and oxygen atoms in total.